The SMILES string of the molecule is COc1cccc2sc(N3CC(OC(=O)CC4CCCCC4)C3)nc12. The van der Waals surface area contributed by atoms with Crippen molar-refractivity contribution in [1.82, 2.24) is 4.98 Å². The highest BCUT2D eigenvalue weighted by Gasteiger charge is 2.32. The van der Waals surface area contributed by atoms with Gasteiger partial charge in [-0.1, -0.05) is 36.7 Å². The van der Waals surface area contributed by atoms with Crippen LogP contribution in [-0.4, -0.2) is 37.3 Å². The van der Waals surface area contributed by atoms with Crippen LogP contribution in [0.2, 0.25) is 0 Å². The monoisotopic (exact) mass is 360 g/mol. The fraction of sp³-hybridized carbons (Fsp3) is 0.579. The number of ether oxygens (including phenoxy) is 2. The quantitative estimate of drug-likeness (QED) is 0.754. The summed E-state index contributed by atoms with van der Waals surface area (Å²) in [6.45, 7) is 1.47. The fourth-order valence-electron chi connectivity index (χ4n) is 3.74. The molecule has 4 rings (SSSR count). The van der Waals surface area contributed by atoms with Crippen molar-refractivity contribution in [2.75, 3.05) is 25.1 Å². The van der Waals surface area contributed by atoms with E-state index in [-0.39, 0.29) is 12.1 Å². The zero-order valence-electron chi connectivity index (χ0n) is 14.6. The van der Waals surface area contributed by atoms with Gasteiger partial charge in [-0.3, -0.25) is 4.79 Å². The zero-order chi connectivity index (χ0) is 17.2. The molecule has 0 unspecified atom stereocenters. The molecule has 134 valence electrons. The number of methoxy groups -OCH3 is 1. The molecule has 1 aliphatic carbocycles. The molecule has 1 aliphatic heterocycles. The van der Waals surface area contributed by atoms with Gasteiger partial charge in [0.2, 0.25) is 0 Å². The molecule has 2 aliphatic rings. The van der Waals surface area contributed by atoms with E-state index in [1.807, 2.05) is 12.1 Å². The van der Waals surface area contributed by atoms with Gasteiger partial charge in [0, 0.05) is 6.42 Å². The smallest absolute Gasteiger partial charge is 0.306 e. The number of thiazole rings is 1. The third kappa shape index (κ3) is 3.59. The summed E-state index contributed by atoms with van der Waals surface area (Å²) in [6.07, 6.45) is 6.79. The van der Waals surface area contributed by atoms with Gasteiger partial charge in [0.25, 0.3) is 0 Å². The van der Waals surface area contributed by atoms with Crippen LogP contribution < -0.4 is 9.64 Å². The summed E-state index contributed by atoms with van der Waals surface area (Å²) in [5.41, 5.74) is 0.905. The largest absolute Gasteiger partial charge is 0.494 e. The number of aromatic nitrogens is 1. The van der Waals surface area contributed by atoms with E-state index in [1.165, 1.54) is 32.1 Å². The number of para-hydroxylation sites is 1. The molecule has 1 saturated heterocycles. The third-order valence-electron chi connectivity index (χ3n) is 5.19. The molecule has 1 saturated carbocycles. The van der Waals surface area contributed by atoms with Crippen LogP contribution in [0, 0.1) is 5.92 Å². The maximum Gasteiger partial charge on any atom is 0.306 e. The lowest BCUT2D eigenvalue weighted by Crippen LogP contribution is -2.53. The van der Waals surface area contributed by atoms with Gasteiger partial charge in [-0.05, 0) is 30.9 Å². The molecular formula is C19H24N2O3S. The van der Waals surface area contributed by atoms with E-state index in [1.54, 1.807) is 18.4 Å². The molecule has 0 amide bonds. The minimum Gasteiger partial charge on any atom is -0.494 e. The highest BCUT2D eigenvalue weighted by atomic mass is 32.1. The molecule has 2 aromatic rings. The Balaban J connectivity index is 1.30. The Kier molecular flexibility index (Phi) is 4.79. The molecule has 1 aromatic heterocycles. The lowest BCUT2D eigenvalue weighted by molar-refractivity contribution is -0.151. The van der Waals surface area contributed by atoms with E-state index in [0.29, 0.717) is 12.3 Å². The minimum atomic E-state index is -0.0254. The van der Waals surface area contributed by atoms with Crippen LogP contribution in [0.5, 0.6) is 5.75 Å². The minimum absolute atomic E-state index is 0.00463. The van der Waals surface area contributed by atoms with E-state index < -0.39 is 0 Å². The number of esters is 1. The van der Waals surface area contributed by atoms with Gasteiger partial charge in [-0.15, -0.1) is 0 Å². The number of anilines is 1. The van der Waals surface area contributed by atoms with Crippen molar-refractivity contribution in [3.63, 3.8) is 0 Å². The van der Waals surface area contributed by atoms with Crippen LogP contribution in [0.25, 0.3) is 10.2 Å². The van der Waals surface area contributed by atoms with Gasteiger partial charge in [0.1, 0.15) is 17.4 Å². The first-order valence-corrected chi connectivity index (χ1v) is 9.92. The van der Waals surface area contributed by atoms with Gasteiger partial charge < -0.3 is 14.4 Å². The van der Waals surface area contributed by atoms with Gasteiger partial charge in [0.15, 0.2) is 5.13 Å². The number of rotatable bonds is 5. The number of carbonyl (C=O) groups excluding carboxylic acids is 1. The predicted molar refractivity (Wildman–Crippen MR) is 99.5 cm³/mol. The number of benzene rings is 1. The Labute approximate surface area is 151 Å². The summed E-state index contributed by atoms with van der Waals surface area (Å²) in [5, 5.41) is 0.971. The lowest BCUT2D eigenvalue weighted by Gasteiger charge is -2.38. The normalized spacial score (nSPS) is 19.0. The molecule has 0 spiro atoms. The van der Waals surface area contributed by atoms with Crippen LogP contribution >= 0.6 is 11.3 Å². The first-order chi connectivity index (χ1) is 12.2. The number of fused-ring (bicyclic) bond motifs is 1. The van der Waals surface area contributed by atoms with Crippen LogP contribution in [0.4, 0.5) is 5.13 Å². The second-order valence-electron chi connectivity index (χ2n) is 7.03. The fourth-order valence-corrected chi connectivity index (χ4v) is 4.74. The van der Waals surface area contributed by atoms with Crippen molar-refractivity contribution in [2.45, 2.75) is 44.6 Å². The number of hydrogen-bond donors (Lipinski definition) is 0. The van der Waals surface area contributed by atoms with E-state index in [0.717, 1.165) is 34.2 Å². The predicted octanol–water partition coefficient (Wildman–Crippen LogP) is 4.01. The first-order valence-electron chi connectivity index (χ1n) is 9.11. The Bertz CT molecular complexity index is 748. The van der Waals surface area contributed by atoms with Crippen LogP contribution in [0.3, 0.4) is 0 Å². The van der Waals surface area contributed by atoms with Crippen LogP contribution in [-0.2, 0) is 9.53 Å². The second-order valence-corrected chi connectivity index (χ2v) is 8.04. The second kappa shape index (κ2) is 7.20. The molecule has 0 N–H and O–H groups in total. The standard InChI is InChI=1S/C19H24N2O3S/c1-23-15-8-5-9-16-18(15)20-19(25-16)21-11-14(12-21)24-17(22)10-13-6-3-2-4-7-13/h5,8-9,13-14H,2-4,6-7,10-12H2,1H3. The third-order valence-corrected chi connectivity index (χ3v) is 6.27. The Morgan fingerprint density at radius 3 is 2.84 bits per heavy atom. The van der Waals surface area contributed by atoms with E-state index in [2.05, 4.69) is 11.0 Å². The molecule has 5 nitrogen and oxygen atoms in total. The molecule has 25 heavy (non-hydrogen) atoms. The Hall–Kier alpha value is -1.82. The summed E-state index contributed by atoms with van der Waals surface area (Å²) in [7, 11) is 1.67. The topological polar surface area (TPSA) is 51.7 Å². The van der Waals surface area contributed by atoms with Crippen molar-refractivity contribution in [1.29, 1.82) is 0 Å². The molecule has 1 aromatic carbocycles. The van der Waals surface area contributed by atoms with Crippen LogP contribution in [0.1, 0.15) is 38.5 Å². The average Bonchev–Trinajstić information content (AvgIpc) is 3.02. The Morgan fingerprint density at radius 1 is 1.28 bits per heavy atom. The molecule has 2 fully saturated rings. The van der Waals surface area contributed by atoms with E-state index in [4.69, 9.17) is 14.5 Å². The highest BCUT2D eigenvalue weighted by Crippen LogP contribution is 2.36. The van der Waals surface area contributed by atoms with Crippen molar-refractivity contribution < 1.29 is 14.3 Å². The number of carbonyl (C=O) groups is 1. The maximum absolute atomic E-state index is 12.1. The summed E-state index contributed by atoms with van der Waals surface area (Å²) in [4.78, 5) is 19.0. The van der Waals surface area contributed by atoms with Crippen molar-refractivity contribution >= 4 is 32.7 Å². The molecule has 0 atom stereocenters. The summed E-state index contributed by atoms with van der Waals surface area (Å²) in [6, 6.07) is 5.97. The molecule has 0 radical (unpaired) electrons. The van der Waals surface area contributed by atoms with Gasteiger partial charge in [0.05, 0.1) is 24.9 Å². The highest BCUT2D eigenvalue weighted by molar-refractivity contribution is 7.22. The summed E-state index contributed by atoms with van der Waals surface area (Å²) >= 11 is 1.65. The van der Waals surface area contributed by atoms with Crippen LogP contribution in [0.15, 0.2) is 18.2 Å². The average molecular weight is 360 g/mol. The van der Waals surface area contributed by atoms with Crippen molar-refractivity contribution in [2.24, 2.45) is 5.92 Å². The van der Waals surface area contributed by atoms with Gasteiger partial charge in [-0.2, -0.15) is 0 Å². The number of nitrogens with zero attached hydrogens (tertiary/aromatic N) is 2. The molecule has 6 heteroatoms. The molecular weight excluding hydrogens is 336 g/mol. The molecule has 0 bridgehead atoms. The molecule has 2 heterocycles. The van der Waals surface area contributed by atoms with E-state index >= 15 is 0 Å². The lowest BCUT2D eigenvalue weighted by atomic mass is 9.87. The summed E-state index contributed by atoms with van der Waals surface area (Å²) in [5.74, 6) is 1.31. The van der Waals surface area contributed by atoms with Gasteiger partial charge >= 0.3 is 5.97 Å². The van der Waals surface area contributed by atoms with Gasteiger partial charge in [-0.25, -0.2) is 4.98 Å². The van der Waals surface area contributed by atoms with Crippen molar-refractivity contribution in [3.8, 4) is 5.75 Å². The number of hydrogen-bond acceptors (Lipinski definition) is 6. The first kappa shape index (κ1) is 16.6. The van der Waals surface area contributed by atoms with Crippen molar-refractivity contribution in [3.05, 3.63) is 18.2 Å². The zero-order valence-corrected chi connectivity index (χ0v) is 15.4. The summed E-state index contributed by atoms with van der Waals surface area (Å²) < 4.78 is 12.1. The van der Waals surface area contributed by atoms with E-state index in [9.17, 15) is 4.79 Å². The Morgan fingerprint density at radius 2 is 2.08 bits per heavy atom. The maximum atomic E-state index is 12.1.